The van der Waals surface area contributed by atoms with Gasteiger partial charge in [0.05, 0.1) is 12.6 Å². The first-order chi connectivity index (χ1) is 12.1. The van der Waals surface area contributed by atoms with Crippen LogP contribution in [0.2, 0.25) is 0 Å². The molecule has 1 atom stereocenters. The van der Waals surface area contributed by atoms with E-state index in [9.17, 15) is 14.7 Å². The number of hydrogen-bond donors (Lipinski definition) is 3. The molecule has 0 spiro atoms. The Morgan fingerprint density at radius 2 is 2.08 bits per heavy atom. The summed E-state index contributed by atoms with van der Waals surface area (Å²) < 4.78 is 1.36. The number of benzene rings is 1. The van der Waals surface area contributed by atoms with E-state index in [0.29, 0.717) is 23.3 Å². The highest BCUT2D eigenvalue weighted by atomic mass is 16.3. The van der Waals surface area contributed by atoms with Crippen molar-refractivity contribution in [3.05, 3.63) is 69.8 Å². The average molecular weight is 340 g/mol. The third-order valence-corrected chi connectivity index (χ3v) is 4.17. The fourth-order valence-electron chi connectivity index (χ4n) is 2.82. The molecule has 1 aromatic carbocycles. The van der Waals surface area contributed by atoms with Crippen molar-refractivity contribution in [3.63, 3.8) is 0 Å². The summed E-state index contributed by atoms with van der Waals surface area (Å²) >= 11 is 0. The van der Waals surface area contributed by atoms with E-state index < -0.39 is 6.04 Å². The van der Waals surface area contributed by atoms with Gasteiger partial charge in [0.1, 0.15) is 0 Å². The van der Waals surface area contributed by atoms with Crippen LogP contribution in [0.15, 0.2) is 47.4 Å². The Kier molecular flexibility index (Phi) is 4.95. The van der Waals surface area contributed by atoms with Crippen LogP contribution in [0.5, 0.6) is 0 Å². The second kappa shape index (κ2) is 7.31. The van der Waals surface area contributed by atoms with Crippen LogP contribution < -0.4 is 10.9 Å². The van der Waals surface area contributed by atoms with E-state index in [4.69, 9.17) is 0 Å². The molecule has 0 saturated heterocycles. The number of aromatic nitrogens is 3. The number of carbonyl (C=O) groups excluding carboxylic acids is 1. The number of nitrogens with zero attached hydrogens (tertiary/aromatic N) is 2. The van der Waals surface area contributed by atoms with Gasteiger partial charge in [0.25, 0.3) is 5.56 Å². The molecule has 0 radical (unpaired) electrons. The normalized spacial score (nSPS) is 12.2. The highest BCUT2D eigenvalue weighted by Gasteiger charge is 2.16. The lowest BCUT2D eigenvalue weighted by Gasteiger charge is -2.16. The van der Waals surface area contributed by atoms with Crippen LogP contribution in [0.25, 0.3) is 5.65 Å². The van der Waals surface area contributed by atoms with E-state index in [1.54, 1.807) is 19.2 Å². The molecule has 2 aromatic heterocycles. The van der Waals surface area contributed by atoms with Crippen molar-refractivity contribution in [2.75, 3.05) is 6.61 Å². The van der Waals surface area contributed by atoms with Gasteiger partial charge < -0.3 is 10.4 Å². The molecule has 130 valence electrons. The van der Waals surface area contributed by atoms with Crippen molar-refractivity contribution < 1.29 is 9.90 Å². The number of hydrogen-bond acceptors (Lipinski definition) is 4. The summed E-state index contributed by atoms with van der Waals surface area (Å²) in [6.07, 6.45) is 2.08. The molecule has 0 unspecified atom stereocenters. The lowest BCUT2D eigenvalue weighted by atomic mass is 10.1. The van der Waals surface area contributed by atoms with E-state index in [1.807, 2.05) is 30.3 Å². The summed E-state index contributed by atoms with van der Waals surface area (Å²) in [6.45, 7) is 1.58. The molecular formula is C18H20N4O3. The van der Waals surface area contributed by atoms with Gasteiger partial charge in [-0.05, 0) is 18.9 Å². The zero-order valence-electron chi connectivity index (χ0n) is 13.9. The molecule has 0 saturated carbocycles. The maximum atomic E-state index is 12.4. The standard InChI is InChI=1S/C18H20N4O3/c1-12-14(18(25)22-16(20-12)9-10-19-22)7-8-17(24)21-15(11-23)13-5-3-2-4-6-13/h2-6,9-10,15,19,23H,7-8,11H2,1H3,(H,21,24)/t15-/m0/s1. The van der Waals surface area contributed by atoms with Crippen LogP contribution in [0.1, 0.15) is 29.3 Å². The van der Waals surface area contributed by atoms with E-state index in [0.717, 1.165) is 5.56 Å². The van der Waals surface area contributed by atoms with Crippen LogP contribution in [-0.2, 0) is 11.2 Å². The van der Waals surface area contributed by atoms with Gasteiger partial charge in [0, 0.05) is 29.9 Å². The van der Waals surface area contributed by atoms with Gasteiger partial charge in [-0.1, -0.05) is 30.3 Å². The molecule has 2 heterocycles. The number of aliphatic hydroxyl groups is 1. The highest BCUT2D eigenvalue weighted by molar-refractivity contribution is 5.76. The molecule has 0 bridgehead atoms. The summed E-state index contributed by atoms with van der Waals surface area (Å²) in [4.78, 5) is 29.0. The van der Waals surface area contributed by atoms with Gasteiger partial charge in [-0.25, -0.2) is 9.50 Å². The second-order valence-electron chi connectivity index (χ2n) is 5.85. The maximum absolute atomic E-state index is 12.4. The predicted molar refractivity (Wildman–Crippen MR) is 93.3 cm³/mol. The van der Waals surface area contributed by atoms with Gasteiger partial charge in [-0.15, -0.1) is 0 Å². The quantitative estimate of drug-likeness (QED) is 0.626. The molecule has 7 heteroatoms. The summed E-state index contributed by atoms with van der Waals surface area (Å²) in [5.41, 5.74) is 2.33. The van der Waals surface area contributed by atoms with E-state index in [1.165, 1.54) is 4.52 Å². The molecule has 25 heavy (non-hydrogen) atoms. The number of H-pyrrole nitrogens is 1. The lowest BCUT2D eigenvalue weighted by molar-refractivity contribution is -0.122. The first kappa shape index (κ1) is 16.9. The minimum absolute atomic E-state index is 0.147. The molecule has 0 aliphatic heterocycles. The summed E-state index contributed by atoms with van der Waals surface area (Å²) in [7, 11) is 0. The molecule has 0 aliphatic rings. The molecule has 0 aliphatic carbocycles. The number of aryl methyl sites for hydroxylation is 1. The van der Waals surface area contributed by atoms with Gasteiger partial charge >= 0.3 is 0 Å². The Hall–Kier alpha value is -2.93. The molecule has 3 rings (SSSR count). The fourth-order valence-corrected chi connectivity index (χ4v) is 2.82. The van der Waals surface area contributed by atoms with Gasteiger partial charge in [-0.2, -0.15) is 0 Å². The van der Waals surface area contributed by atoms with Crippen molar-refractivity contribution in [2.45, 2.75) is 25.8 Å². The van der Waals surface area contributed by atoms with E-state index in [-0.39, 0.29) is 24.5 Å². The molecule has 3 N–H and O–H groups in total. The van der Waals surface area contributed by atoms with Crippen molar-refractivity contribution >= 4 is 11.6 Å². The summed E-state index contributed by atoms with van der Waals surface area (Å²) in [5, 5.41) is 15.1. The smallest absolute Gasteiger partial charge is 0.276 e. The Labute approximate surface area is 144 Å². The highest BCUT2D eigenvalue weighted by Crippen LogP contribution is 2.12. The molecule has 1 amide bonds. The Morgan fingerprint density at radius 1 is 1.32 bits per heavy atom. The number of carbonyl (C=O) groups is 1. The number of aliphatic hydroxyl groups excluding tert-OH is 1. The number of nitrogens with one attached hydrogen (secondary N) is 2. The molecular weight excluding hydrogens is 320 g/mol. The largest absolute Gasteiger partial charge is 0.394 e. The zero-order valence-corrected chi connectivity index (χ0v) is 13.9. The van der Waals surface area contributed by atoms with Crippen LogP contribution in [0.4, 0.5) is 0 Å². The minimum atomic E-state index is -0.458. The van der Waals surface area contributed by atoms with Crippen LogP contribution in [0, 0.1) is 6.92 Å². The Balaban J connectivity index is 1.69. The monoisotopic (exact) mass is 340 g/mol. The van der Waals surface area contributed by atoms with Crippen LogP contribution in [0.3, 0.4) is 0 Å². The van der Waals surface area contributed by atoms with Crippen LogP contribution in [-0.4, -0.2) is 32.2 Å². The number of amides is 1. The minimum Gasteiger partial charge on any atom is -0.394 e. The first-order valence-electron chi connectivity index (χ1n) is 8.11. The average Bonchev–Trinajstić information content (AvgIpc) is 3.08. The first-order valence-corrected chi connectivity index (χ1v) is 8.11. The fraction of sp³-hybridized carbons (Fsp3) is 0.278. The van der Waals surface area contributed by atoms with Crippen molar-refractivity contribution in [2.24, 2.45) is 0 Å². The molecule has 7 nitrogen and oxygen atoms in total. The predicted octanol–water partition coefficient (Wildman–Crippen LogP) is 1.11. The lowest BCUT2D eigenvalue weighted by Crippen LogP contribution is -2.31. The van der Waals surface area contributed by atoms with E-state index in [2.05, 4.69) is 15.4 Å². The Bertz CT molecular complexity index is 930. The number of rotatable bonds is 6. The maximum Gasteiger partial charge on any atom is 0.276 e. The third-order valence-electron chi connectivity index (χ3n) is 4.17. The van der Waals surface area contributed by atoms with E-state index >= 15 is 0 Å². The second-order valence-corrected chi connectivity index (χ2v) is 5.85. The Morgan fingerprint density at radius 3 is 2.80 bits per heavy atom. The van der Waals surface area contributed by atoms with Crippen LogP contribution >= 0.6 is 0 Å². The van der Waals surface area contributed by atoms with Gasteiger partial charge in [0.2, 0.25) is 5.91 Å². The zero-order chi connectivity index (χ0) is 17.8. The van der Waals surface area contributed by atoms with Gasteiger partial charge in [-0.3, -0.25) is 14.7 Å². The number of aromatic amines is 1. The summed E-state index contributed by atoms with van der Waals surface area (Å²) in [6, 6.07) is 10.5. The third kappa shape index (κ3) is 3.61. The topological polar surface area (TPSA) is 99.5 Å². The van der Waals surface area contributed by atoms with Gasteiger partial charge in [0.15, 0.2) is 5.65 Å². The van der Waals surface area contributed by atoms with Crippen molar-refractivity contribution in [3.8, 4) is 0 Å². The van der Waals surface area contributed by atoms with Crippen molar-refractivity contribution in [1.29, 1.82) is 0 Å². The molecule has 0 fully saturated rings. The van der Waals surface area contributed by atoms with Crippen molar-refractivity contribution in [1.82, 2.24) is 19.9 Å². The summed E-state index contributed by atoms with van der Waals surface area (Å²) in [5.74, 6) is -0.224. The molecule has 3 aromatic rings. The number of fused-ring (bicyclic) bond motifs is 1. The SMILES string of the molecule is Cc1nc2cc[nH]n2c(=O)c1CCC(=O)N[C@@H](CO)c1ccccc1.